The van der Waals surface area contributed by atoms with Crippen LogP contribution in [0.4, 0.5) is 0 Å². The molecule has 19 heteroatoms. The van der Waals surface area contributed by atoms with Gasteiger partial charge in [-0.15, -0.1) is 0 Å². The minimum absolute atomic E-state index is 0.00157. The molecule has 0 bridgehead atoms. The molecule has 2 saturated heterocycles. The molecule has 19 nitrogen and oxygen atoms in total. The summed E-state index contributed by atoms with van der Waals surface area (Å²) in [6, 6.07) is 22.9. The molecule has 2 aromatic heterocycles. The van der Waals surface area contributed by atoms with Gasteiger partial charge in [-0.25, -0.2) is 4.79 Å². The Morgan fingerprint density at radius 2 is 0.922 bits per heavy atom. The number of carboxylic acids is 1. The van der Waals surface area contributed by atoms with Crippen LogP contribution in [0.25, 0.3) is 44.6 Å². The van der Waals surface area contributed by atoms with Gasteiger partial charge >= 0.3 is 5.97 Å². The van der Waals surface area contributed by atoms with Gasteiger partial charge in [-0.3, -0.25) is 14.4 Å². The summed E-state index contributed by atoms with van der Waals surface area (Å²) >= 11 is 0. The second kappa shape index (κ2) is 18.2. The third-order valence-corrected chi connectivity index (χ3v) is 10.8. The van der Waals surface area contributed by atoms with Crippen LogP contribution in [-0.2, 0) is 19.1 Å². The summed E-state index contributed by atoms with van der Waals surface area (Å²) in [5.41, 5.74) is 0.604. The molecule has 4 heterocycles. The smallest absolute Gasteiger partial charge is 0.335 e. The van der Waals surface area contributed by atoms with E-state index in [2.05, 4.69) is 0 Å². The van der Waals surface area contributed by atoms with E-state index in [0.717, 1.165) is 0 Å². The number of phenolic OH excluding ortho intramolecular Hbond substituents is 2. The molecular formula is C45H42O19. The maximum atomic E-state index is 12.7. The van der Waals surface area contributed by atoms with E-state index in [1.807, 2.05) is 6.07 Å². The van der Waals surface area contributed by atoms with E-state index in [9.17, 15) is 65.1 Å². The fraction of sp³-hybridized carbons (Fsp3) is 0.289. The Hall–Kier alpha value is -6.68. The number of carbonyl (C=O) groups is 2. The Balaban J connectivity index is 0.000000191. The molecule has 0 spiro atoms. The second-order valence-corrected chi connectivity index (χ2v) is 15.1. The normalized spacial score (nSPS) is 25.6. The van der Waals surface area contributed by atoms with Crippen LogP contribution in [0.1, 0.15) is 18.1 Å². The molecule has 2 aliphatic heterocycles. The first-order chi connectivity index (χ1) is 30.4. The number of phenols is 2. The molecule has 0 radical (unpaired) electrons. The van der Waals surface area contributed by atoms with Crippen LogP contribution in [0.5, 0.6) is 23.0 Å². The van der Waals surface area contributed by atoms with Gasteiger partial charge in [-0.2, -0.15) is 0 Å². The Kier molecular flexibility index (Phi) is 12.9. The lowest BCUT2D eigenvalue weighted by atomic mass is 9.97. The van der Waals surface area contributed by atoms with Crippen LogP contribution in [0.3, 0.4) is 0 Å². The maximum Gasteiger partial charge on any atom is 0.335 e. The number of aliphatic hydroxyl groups excluding tert-OH is 6. The molecule has 2 aliphatic rings. The number of aliphatic carboxylic acids is 1. The quantitative estimate of drug-likeness (QED) is 0.106. The highest BCUT2D eigenvalue weighted by Crippen LogP contribution is 2.39. The average Bonchev–Trinajstić information content (AvgIpc) is 3.27. The fourth-order valence-corrected chi connectivity index (χ4v) is 7.17. The molecule has 0 saturated carbocycles. The van der Waals surface area contributed by atoms with Crippen molar-refractivity contribution in [3.8, 4) is 45.6 Å². The van der Waals surface area contributed by atoms with Gasteiger partial charge in [-0.05, 0) is 20.8 Å². The van der Waals surface area contributed by atoms with Crippen molar-refractivity contribution in [2.75, 3.05) is 0 Å². The molecular weight excluding hydrogens is 844 g/mol. The zero-order chi connectivity index (χ0) is 46.3. The molecule has 4 aromatic carbocycles. The third kappa shape index (κ3) is 8.66. The van der Waals surface area contributed by atoms with Gasteiger partial charge in [0.25, 0.3) is 0 Å². The van der Waals surface area contributed by atoms with E-state index in [1.165, 1.54) is 45.0 Å². The van der Waals surface area contributed by atoms with E-state index in [4.69, 9.17) is 27.8 Å². The number of benzene rings is 4. The van der Waals surface area contributed by atoms with Gasteiger partial charge in [0.15, 0.2) is 22.7 Å². The number of carbonyl (C=O) groups excluding carboxylic acids is 1. The van der Waals surface area contributed by atoms with Gasteiger partial charge in [0, 0.05) is 46.5 Å². The average molecular weight is 887 g/mol. The SMILES string of the molecule is CC(=O)C1OC(Oc2cc3oc(-c4ccccc4)cc(=O)c3c(O)c2C)C(O)C(O)C1O.Cc1c(OC2OC(C(=O)O)C(O)C(O)C2O)cc2oc(-c3ccccc3)cc(=O)c2c1O. The minimum atomic E-state index is -1.88. The Bertz CT molecular complexity index is 2630. The summed E-state index contributed by atoms with van der Waals surface area (Å²) in [4.78, 5) is 48.4. The van der Waals surface area contributed by atoms with Crippen LogP contribution < -0.4 is 20.3 Å². The van der Waals surface area contributed by atoms with E-state index in [0.29, 0.717) is 11.1 Å². The number of ketones is 1. The number of fused-ring (bicyclic) bond motifs is 2. The van der Waals surface area contributed by atoms with E-state index < -0.39 is 89.8 Å². The molecule has 336 valence electrons. The van der Waals surface area contributed by atoms with Crippen LogP contribution in [-0.4, -0.2) is 119 Å². The number of ether oxygens (including phenoxy) is 4. The largest absolute Gasteiger partial charge is 0.507 e. The van der Waals surface area contributed by atoms with Crippen LogP contribution in [0.15, 0.2) is 103 Å². The predicted molar refractivity (Wildman–Crippen MR) is 222 cm³/mol. The van der Waals surface area contributed by atoms with Crippen molar-refractivity contribution in [2.45, 2.75) is 82.2 Å². The van der Waals surface area contributed by atoms with Gasteiger partial charge < -0.3 is 73.7 Å². The van der Waals surface area contributed by atoms with Crippen molar-refractivity contribution in [3.63, 3.8) is 0 Å². The monoisotopic (exact) mass is 886 g/mol. The summed E-state index contributed by atoms with van der Waals surface area (Å²) in [5.74, 6) is -2.48. The van der Waals surface area contributed by atoms with Gasteiger partial charge in [0.1, 0.15) is 99.2 Å². The number of Topliss-reactive ketones (excluding diaryl/α,β-unsaturated/α-hetero) is 1. The lowest BCUT2D eigenvalue weighted by Gasteiger charge is -2.39. The van der Waals surface area contributed by atoms with Crippen molar-refractivity contribution in [2.24, 2.45) is 0 Å². The summed E-state index contributed by atoms with van der Waals surface area (Å²) in [5, 5.41) is 90.6. The molecule has 0 amide bonds. The number of hydrogen-bond acceptors (Lipinski definition) is 18. The van der Waals surface area contributed by atoms with Crippen LogP contribution in [0.2, 0.25) is 0 Å². The predicted octanol–water partition coefficient (Wildman–Crippen LogP) is 1.99. The van der Waals surface area contributed by atoms with Crippen LogP contribution in [0, 0.1) is 13.8 Å². The zero-order valence-corrected chi connectivity index (χ0v) is 34.0. The van der Waals surface area contributed by atoms with Crippen molar-refractivity contribution >= 4 is 33.7 Å². The first-order valence-corrected chi connectivity index (χ1v) is 19.6. The number of carboxylic acid groups (broad SMARTS) is 1. The number of rotatable bonds is 8. The molecule has 8 rings (SSSR count). The number of aliphatic hydroxyl groups is 6. The molecule has 10 unspecified atom stereocenters. The van der Waals surface area contributed by atoms with Crippen molar-refractivity contribution in [1.82, 2.24) is 0 Å². The number of aromatic hydroxyl groups is 2. The lowest BCUT2D eigenvalue weighted by Crippen LogP contribution is -2.61. The topological polar surface area (TPSA) is 314 Å². The van der Waals surface area contributed by atoms with Gasteiger partial charge in [-0.1, -0.05) is 60.7 Å². The highest BCUT2D eigenvalue weighted by atomic mass is 16.7. The van der Waals surface area contributed by atoms with Crippen LogP contribution >= 0.6 is 0 Å². The van der Waals surface area contributed by atoms with E-state index in [1.54, 1.807) is 54.6 Å². The first kappa shape index (κ1) is 45.3. The molecule has 2 fully saturated rings. The fourth-order valence-electron chi connectivity index (χ4n) is 7.17. The Morgan fingerprint density at radius 1 is 0.547 bits per heavy atom. The summed E-state index contributed by atoms with van der Waals surface area (Å²) in [6.07, 6.45) is -17.0. The first-order valence-electron chi connectivity index (χ1n) is 19.6. The maximum absolute atomic E-state index is 12.7. The molecule has 64 heavy (non-hydrogen) atoms. The standard InChI is InChI=1S/C23H22O9.C22H20O10/c1-10-14(31-23-21(29)19(27)20(28)22(32-23)11(2)24)9-16-17(18(10)26)13(25)8-15(30-16)12-6-4-3-5-7-12;1-9-12(31-22-19(27)17(25)18(26)20(32-22)21(28)29)8-14-15(16(9)24)11(23)7-13(30-14)10-5-3-2-4-6-10/h3-9,19-23,26-29H,1-2H3;2-8,17-20,22,24-27H,1H3,(H,28,29). The zero-order valence-electron chi connectivity index (χ0n) is 34.0. The minimum Gasteiger partial charge on any atom is -0.507 e. The van der Waals surface area contributed by atoms with Crippen molar-refractivity contribution < 1.29 is 83.3 Å². The molecule has 9 N–H and O–H groups in total. The lowest BCUT2D eigenvalue weighted by molar-refractivity contribution is -0.271. The Morgan fingerprint density at radius 3 is 1.30 bits per heavy atom. The second-order valence-electron chi connectivity index (χ2n) is 15.1. The van der Waals surface area contributed by atoms with Gasteiger partial charge in [0.05, 0.1) is 0 Å². The van der Waals surface area contributed by atoms with Crippen molar-refractivity contribution in [1.29, 1.82) is 0 Å². The highest BCUT2D eigenvalue weighted by Gasteiger charge is 2.49. The number of hydrogen-bond donors (Lipinski definition) is 9. The molecule has 10 atom stereocenters. The van der Waals surface area contributed by atoms with Gasteiger partial charge in [0.2, 0.25) is 12.6 Å². The third-order valence-electron chi connectivity index (χ3n) is 10.8. The van der Waals surface area contributed by atoms with E-state index >= 15 is 0 Å². The summed E-state index contributed by atoms with van der Waals surface area (Å²) < 4.78 is 33.3. The summed E-state index contributed by atoms with van der Waals surface area (Å²) in [7, 11) is 0. The summed E-state index contributed by atoms with van der Waals surface area (Å²) in [6.45, 7) is 4.09. The molecule has 6 aromatic rings. The molecule has 0 aliphatic carbocycles. The highest BCUT2D eigenvalue weighted by molar-refractivity contribution is 5.89. The van der Waals surface area contributed by atoms with Crippen molar-refractivity contribution in [3.05, 3.63) is 117 Å². The van der Waals surface area contributed by atoms with E-state index in [-0.39, 0.29) is 61.8 Å². The Labute approximate surface area is 360 Å².